The molecule has 1 amide bonds. The van der Waals surface area contributed by atoms with Crippen LogP contribution in [0.5, 0.6) is 5.75 Å². The van der Waals surface area contributed by atoms with E-state index >= 15 is 0 Å². The van der Waals surface area contributed by atoms with Gasteiger partial charge < -0.3 is 14.8 Å². The van der Waals surface area contributed by atoms with Gasteiger partial charge in [-0.25, -0.2) is 4.79 Å². The molecule has 0 bridgehead atoms. The van der Waals surface area contributed by atoms with Crippen LogP contribution in [0, 0.1) is 0 Å². The van der Waals surface area contributed by atoms with Crippen molar-refractivity contribution in [2.75, 3.05) is 13.2 Å². The molecule has 1 heterocycles. The summed E-state index contributed by atoms with van der Waals surface area (Å²) in [6, 6.07) is 1.83. The average Bonchev–Trinajstić information content (AvgIpc) is 2.96. The zero-order chi connectivity index (χ0) is 18.6. The third-order valence-corrected chi connectivity index (χ3v) is 3.65. The number of aromatic nitrogens is 2. The van der Waals surface area contributed by atoms with Crippen LogP contribution in [0.3, 0.4) is 0 Å². The molecule has 2 N–H and O–H groups in total. The van der Waals surface area contributed by atoms with Crippen LogP contribution in [0.15, 0.2) is 18.8 Å². The maximum atomic E-state index is 11.6. The molecular formula is C18H24ClN3O3. The predicted octanol–water partition coefficient (Wildman–Crippen LogP) is 4.54. The number of H-pyrrole nitrogens is 1. The Labute approximate surface area is 152 Å². The van der Waals surface area contributed by atoms with Crippen molar-refractivity contribution >= 4 is 34.2 Å². The lowest BCUT2D eigenvalue weighted by Crippen LogP contribution is -2.33. The highest BCUT2D eigenvalue weighted by atomic mass is 35.5. The summed E-state index contributed by atoms with van der Waals surface area (Å²) in [6.45, 7) is 12.2. The van der Waals surface area contributed by atoms with E-state index in [9.17, 15) is 4.79 Å². The maximum absolute atomic E-state index is 11.6. The summed E-state index contributed by atoms with van der Waals surface area (Å²) in [7, 11) is 0. The molecule has 1 aromatic carbocycles. The van der Waals surface area contributed by atoms with Gasteiger partial charge in [0, 0.05) is 17.5 Å². The summed E-state index contributed by atoms with van der Waals surface area (Å²) in [4.78, 5) is 11.6. The van der Waals surface area contributed by atoms with Crippen LogP contribution in [0.2, 0.25) is 5.02 Å². The minimum Gasteiger partial charge on any atom is -0.491 e. The number of halogens is 1. The van der Waals surface area contributed by atoms with Gasteiger partial charge in [-0.15, -0.1) is 0 Å². The first-order chi connectivity index (χ1) is 11.7. The SMILES string of the molecule is C=C(C)c1cc(Cl)c2cn[nH]c2c1OCCCNC(=O)OC(C)(C)C. The Morgan fingerprint density at radius 1 is 1.44 bits per heavy atom. The van der Waals surface area contributed by atoms with Gasteiger partial charge in [0.15, 0.2) is 5.75 Å². The molecule has 2 rings (SSSR count). The molecular weight excluding hydrogens is 342 g/mol. The highest BCUT2D eigenvalue weighted by molar-refractivity contribution is 6.35. The van der Waals surface area contributed by atoms with Gasteiger partial charge in [0.2, 0.25) is 0 Å². The number of allylic oxidation sites excluding steroid dienone is 1. The molecule has 0 radical (unpaired) electrons. The van der Waals surface area contributed by atoms with Crippen LogP contribution in [0.25, 0.3) is 16.5 Å². The zero-order valence-corrected chi connectivity index (χ0v) is 15.8. The molecule has 0 atom stereocenters. The van der Waals surface area contributed by atoms with Crippen molar-refractivity contribution in [1.82, 2.24) is 15.5 Å². The fourth-order valence-corrected chi connectivity index (χ4v) is 2.52. The topological polar surface area (TPSA) is 76.2 Å². The Kier molecular flexibility index (Phi) is 5.95. The Balaban J connectivity index is 1.96. The number of aromatic amines is 1. The second-order valence-electron chi connectivity index (χ2n) is 6.80. The molecule has 0 aliphatic carbocycles. The van der Waals surface area contributed by atoms with Gasteiger partial charge in [0.25, 0.3) is 0 Å². The molecule has 1 aromatic heterocycles. The van der Waals surface area contributed by atoms with Gasteiger partial charge in [-0.1, -0.05) is 18.2 Å². The minimum absolute atomic E-state index is 0.422. The van der Waals surface area contributed by atoms with Crippen molar-refractivity contribution in [3.05, 3.63) is 29.4 Å². The van der Waals surface area contributed by atoms with E-state index in [1.54, 1.807) is 6.20 Å². The number of nitrogens with one attached hydrogen (secondary N) is 2. The summed E-state index contributed by atoms with van der Waals surface area (Å²) in [6.07, 6.45) is 1.86. The summed E-state index contributed by atoms with van der Waals surface area (Å²) < 4.78 is 11.1. The first-order valence-corrected chi connectivity index (χ1v) is 8.48. The lowest BCUT2D eigenvalue weighted by Gasteiger charge is -2.19. The van der Waals surface area contributed by atoms with Crippen molar-refractivity contribution in [2.45, 2.75) is 39.7 Å². The highest BCUT2D eigenvalue weighted by Crippen LogP contribution is 2.36. The van der Waals surface area contributed by atoms with Crippen molar-refractivity contribution in [3.8, 4) is 5.75 Å². The van der Waals surface area contributed by atoms with E-state index < -0.39 is 11.7 Å². The number of benzene rings is 1. The standard InChI is InChI=1S/C18H24ClN3O3/c1-11(2)12-9-14(19)13-10-21-22-15(13)16(12)24-8-6-7-20-17(23)25-18(3,4)5/h9-10H,1,6-8H2,2-5H3,(H,20,23)(H,21,22). The number of carbonyl (C=O) groups is 1. The molecule has 7 heteroatoms. The number of alkyl carbamates (subject to hydrolysis) is 1. The second-order valence-corrected chi connectivity index (χ2v) is 7.21. The molecule has 0 fully saturated rings. The van der Waals surface area contributed by atoms with Crippen LogP contribution in [0.4, 0.5) is 4.79 Å². The molecule has 6 nitrogen and oxygen atoms in total. The van der Waals surface area contributed by atoms with Crippen molar-refractivity contribution < 1.29 is 14.3 Å². The summed E-state index contributed by atoms with van der Waals surface area (Å²) in [5, 5.41) is 11.1. The van der Waals surface area contributed by atoms with E-state index in [0.717, 1.165) is 22.0 Å². The second kappa shape index (κ2) is 7.78. The fourth-order valence-electron chi connectivity index (χ4n) is 2.26. The van der Waals surface area contributed by atoms with E-state index in [-0.39, 0.29) is 0 Å². The molecule has 0 spiro atoms. The van der Waals surface area contributed by atoms with Gasteiger partial charge in [-0.2, -0.15) is 5.10 Å². The summed E-state index contributed by atoms with van der Waals surface area (Å²) in [5.41, 5.74) is 1.92. The van der Waals surface area contributed by atoms with Gasteiger partial charge >= 0.3 is 6.09 Å². The third kappa shape index (κ3) is 5.13. The summed E-state index contributed by atoms with van der Waals surface area (Å²) in [5.74, 6) is 0.668. The predicted molar refractivity (Wildman–Crippen MR) is 100 cm³/mol. The van der Waals surface area contributed by atoms with E-state index in [1.165, 1.54) is 0 Å². The number of rotatable bonds is 6. The Bertz CT molecular complexity index is 778. The van der Waals surface area contributed by atoms with Gasteiger partial charge in [-0.3, -0.25) is 5.10 Å². The van der Waals surface area contributed by atoms with Crippen LogP contribution in [-0.2, 0) is 4.74 Å². The highest BCUT2D eigenvalue weighted by Gasteiger charge is 2.16. The smallest absolute Gasteiger partial charge is 0.407 e. The quantitative estimate of drug-likeness (QED) is 0.736. The number of nitrogens with zero attached hydrogens (tertiary/aromatic N) is 1. The fraction of sp³-hybridized carbons (Fsp3) is 0.444. The van der Waals surface area contributed by atoms with Crippen molar-refractivity contribution in [3.63, 3.8) is 0 Å². The van der Waals surface area contributed by atoms with Crippen LogP contribution in [-0.4, -0.2) is 35.0 Å². The van der Waals surface area contributed by atoms with Gasteiger partial charge in [0.05, 0.1) is 17.8 Å². The largest absolute Gasteiger partial charge is 0.491 e. The van der Waals surface area contributed by atoms with Crippen LogP contribution >= 0.6 is 11.6 Å². The molecule has 2 aromatic rings. The van der Waals surface area contributed by atoms with Gasteiger partial charge in [0.1, 0.15) is 11.1 Å². The number of amides is 1. The van der Waals surface area contributed by atoms with Crippen LogP contribution in [0.1, 0.15) is 39.7 Å². The number of ether oxygens (including phenoxy) is 2. The molecule has 0 saturated heterocycles. The number of carbonyl (C=O) groups excluding carboxylic acids is 1. The Morgan fingerprint density at radius 2 is 2.16 bits per heavy atom. The third-order valence-electron chi connectivity index (χ3n) is 3.33. The number of hydrogen-bond acceptors (Lipinski definition) is 4. The van der Waals surface area contributed by atoms with E-state index in [0.29, 0.717) is 30.3 Å². The molecule has 0 saturated carbocycles. The normalized spacial score (nSPS) is 11.4. The van der Waals surface area contributed by atoms with E-state index in [4.69, 9.17) is 21.1 Å². The molecule has 0 aliphatic heterocycles. The zero-order valence-electron chi connectivity index (χ0n) is 15.0. The Hall–Kier alpha value is -2.21. The first kappa shape index (κ1) is 19.1. The molecule has 0 unspecified atom stereocenters. The van der Waals surface area contributed by atoms with E-state index in [1.807, 2.05) is 33.8 Å². The maximum Gasteiger partial charge on any atom is 0.407 e. The van der Waals surface area contributed by atoms with Crippen molar-refractivity contribution in [2.24, 2.45) is 0 Å². The van der Waals surface area contributed by atoms with E-state index in [2.05, 4.69) is 22.1 Å². The molecule has 136 valence electrons. The van der Waals surface area contributed by atoms with Crippen molar-refractivity contribution in [1.29, 1.82) is 0 Å². The Morgan fingerprint density at radius 3 is 2.80 bits per heavy atom. The lowest BCUT2D eigenvalue weighted by molar-refractivity contribution is 0.0525. The first-order valence-electron chi connectivity index (χ1n) is 8.10. The van der Waals surface area contributed by atoms with Crippen LogP contribution < -0.4 is 10.1 Å². The lowest BCUT2D eigenvalue weighted by atomic mass is 10.1. The molecule has 25 heavy (non-hydrogen) atoms. The number of hydrogen-bond donors (Lipinski definition) is 2. The molecule has 0 aliphatic rings. The minimum atomic E-state index is -0.507. The summed E-state index contributed by atoms with van der Waals surface area (Å²) >= 11 is 6.27. The monoisotopic (exact) mass is 365 g/mol. The number of fused-ring (bicyclic) bond motifs is 1. The average molecular weight is 366 g/mol. The van der Waals surface area contributed by atoms with Gasteiger partial charge in [-0.05, 0) is 45.8 Å².